The van der Waals surface area contributed by atoms with Crippen LogP contribution in [0.2, 0.25) is 0 Å². The van der Waals surface area contributed by atoms with Crippen LogP contribution in [0, 0.1) is 5.92 Å². The number of urea groups is 1. The van der Waals surface area contributed by atoms with E-state index in [0.29, 0.717) is 23.2 Å². The van der Waals surface area contributed by atoms with Gasteiger partial charge in [-0.05, 0) is 105 Å². The molecule has 3 saturated heterocycles. The van der Waals surface area contributed by atoms with Crippen molar-refractivity contribution in [1.29, 1.82) is 0 Å². The Labute approximate surface area is 295 Å². The summed E-state index contributed by atoms with van der Waals surface area (Å²) in [5.74, 6) is 1.57. The lowest BCUT2D eigenvalue weighted by molar-refractivity contribution is -0.276. The number of carbonyl (C=O) groups excluding carboxylic acids is 1. The average molecular weight is 677 g/mol. The maximum absolute atomic E-state index is 12.8. The smallest absolute Gasteiger partial charge is 0.323 e. The first kappa shape index (κ1) is 34.2. The monoisotopic (exact) mass is 676 g/mol. The average Bonchev–Trinajstić information content (AvgIpc) is 3.83. The van der Waals surface area contributed by atoms with Crippen LogP contribution in [0.4, 0.5) is 16.2 Å². The lowest BCUT2D eigenvalue weighted by atomic mass is 9.90. The van der Waals surface area contributed by atoms with Crippen LogP contribution in [0.1, 0.15) is 61.7 Å². The fraction of sp³-hybridized carbons (Fsp3) is 0.390. The largest absolute Gasteiger partial charge is 0.457 e. The summed E-state index contributed by atoms with van der Waals surface area (Å²) in [6.45, 7) is 7.77. The van der Waals surface area contributed by atoms with Crippen LogP contribution in [-0.2, 0) is 16.1 Å². The molecule has 2 amide bonds. The number of amides is 2. The van der Waals surface area contributed by atoms with Crippen molar-refractivity contribution in [2.45, 2.75) is 63.8 Å². The summed E-state index contributed by atoms with van der Waals surface area (Å²) in [5.41, 5.74) is 4.17. The molecule has 3 aliphatic rings. The number of carbonyl (C=O) groups is 1. The minimum Gasteiger partial charge on any atom is -0.457 e. The van der Waals surface area contributed by atoms with Gasteiger partial charge in [0.05, 0.1) is 18.8 Å². The van der Waals surface area contributed by atoms with Gasteiger partial charge in [-0.25, -0.2) is 4.79 Å². The first-order valence-corrected chi connectivity index (χ1v) is 18.0. The van der Waals surface area contributed by atoms with Gasteiger partial charge in [-0.15, -0.1) is 0 Å². The second kappa shape index (κ2) is 16.2. The zero-order chi connectivity index (χ0) is 34.3. The molecule has 3 N–H and O–H groups in total. The normalized spacial score (nSPS) is 24.2. The van der Waals surface area contributed by atoms with Crippen LogP contribution < -0.4 is 15.4 Å². The summed E-state index contributed by atoms with van der Waals surface area (Å²) in [6.07, 6.45) is 4.33. The molecular formula is C41H48N4O5. The molecule has 0 saturated carbocycles. The highest BCUT2D eigenvalue weighted by Gasteiger charge is 2.40. The Bertz CT molecular complexity index is 1660. The Kier molecular flexibility index (Phi) is 11.1. The van der Waals surface area contributed by atoms with Crippen molar-refractivity contribution in [1.82, 2.24) is 9.80 Å². The summed E-state index contributed by atoms with van der Waals surface area (Å²) in [6, 6.07) is 32.8. The van der Waals surface area contributed by atoms with Crippen molar-refractivity contribution in [3.63, 3.8) is 0 Å². The van der Waals surface area contributed by atoms with Crippen LogP contribution >= 0.6 is 0 Å². The number of anilines is 2. The van der Waals surface area contributed by atoms with Crippen molar-refractivity contribution in [3.8, 4) is 11.5 Å². The molecule has 3 heterocycles. The molecule has 0 aromatic heterocycles. The maximum atomic E-state index is 12.8. The molecule has 50 heavy (non-hydrogen) atoms. The molecule has 3 aliphatic heterocycles. The molecule has 9 nitrogen and oxygen atoms in total. The summed E-state index contributed by atoms with van der Waals surface area (Å²) < 4.78 is 19.3. The zero-order valence-electron chi connectivity index (χ0n) is 28.7. The highest BCUT2D eigenvalue weighted by atomic mass is 16.7. The summed E-state index contributed by atoms with van der Waals surface area (Å²) in [5, 5.41) is 15.4. The number of hydrogen-bond acceptors (Lipinski definition) is 7. The molecule has 262 valence electrons. The zero-order valence-corrected chi connectivity index (χ0v) is 28.7. The van der Waals surface area contributed by atoms with Crippen molar-refractivity contribution in [2.75, 3.05) is 43.4 Å². The van der Waals surface area contributed by atoms with Crippen LogP contribution in [0.5, 0.6) is 11.5 Å². The van der Waals surface area contributed by atoms with Gasteiger partial charge in [0.2, 0.25) is 0 Å². The minimum absolute atomic E-state index is 0.0114. The number of para-hydroxylation sites is 1. The Hall–Kier alpha value is -4.25. The number of nitrogens with one attached hydrogen (secondary N) is 2. The lowest BCUT2D eigenvalue weighted by Crippen LogP contribution is -2.48. The molecule has 3 fully saturated rings. The predicted octanol–water partition coefficient (Wildman–Crippen LogP) is 7.97. The number of nitrogens with zero attached hydrogens (tertiary/aromatic N) is 2. The van der Waals surface area contributed by atoms with Crippen LogP contribution in [0.25, 0.3) is 0 Å². The van der Waals surface area contributed by atoms with Gasteiger partial charge in [-0.1, -0.05) is 61.5 Å². The number of aliphatic hydroxyl groups is 1. The van der Waals surface area contributed by atoms with E-state index in [-0.39, 0.29) is 30.8 Å². The van der Waals surface area contributed by atoms with E-state index in [1.807, 2.05) is 78.9 Å². The van der Waals surface area contributed by atoms with Gasteiger partial charge >= 0.3 is 6.03 Å². The van der Waals surface area contributed by atoms with E-state index >= 15 is 0 Å². The second-order valence-electron chi connectivity index (χ2n) is 13.8. The van der Waals surface area contributed by atoms with Gasteiger partial charge < -0.3 is 34.9 Å². The molecule has 0 aliphatic carbocycles. The van der Waals surface area contributed by atoms with Crippen molar-refractivity contribution >= 4 is 17.4 Å². The van der Waals surface area contributed by atoms with E-state index in [1.165, 1.54) is 38.8 Å². The van der Waals surface area contributed by atoms with E-state index in [9.17, 15) is 9.90 Å². The first-order chi connectivity index (χ1) is 24.5. The lowest BCUT2D eigenvalue weighted by Gasteiger charge is -2.43. The van der Waals surface area contributed by atoms with Gasteiger partial charge in [0.15, 0.2) is 6.29 Å². The van der Waals surface area contributed by atoms with Gasteiger partial charge in [-0.3, -0.25) is 4.90 Å². The first-order valence-electron chi connectivity index (χ1n) is 18.0. The molecule has 5 atom stereocenters. The van der Waals surface area contributed by atoms with Gasteiger partial charge in [0.1, 0.15) is 11.5 Å². The summed E-state index contributed by atoms with van der Waals surface area (Å²) >= 11 is 0. The van der Waals surface area contributed by atoms with Crippen molar-refractivity contribution < 1.29 is 24.1 Å². The standard InChI is InChI=1S/C41H48N4O5/c1-29-38(27-45-25-7-8-35(45)26-44-23-5-6-24-44)49-40(50-39(29)31-13-11-30(28-46)12-14-31)32-15-17-33(18-16-32)42-41(47)43-34-19-21-37(22-20-34)48-36-9-3-2-4-10-36/h2-4,9-22,29,35,38-40,46H,5-8,23-28H2,1H3,(H2,42,43,47)/t29-,35+,38+,39+,40+/m1/s1. The topological polar surface area (TPSA) is 95.5 Å². The van der Waals surface area contributed by atoms with Crippen LogP contribution in [0.3, 0.4) is 0 Å². The molecule has 0 bridgehead atoms. The Morgan fingerprint density at radius 1 is 0.760 bits per heavy atom. The van der Waals surface area contributed by atoms with E-state index in [4.69, 9.17) is 14.2 Å². The number of benzene rings is 4. The van der Waals surface area contributed by atoms with E-state index in [0.717, 1.165) is 42.1 Å². The molecule has 0 unspecified atom stereocenters. The minimum atomic E-state index is -0.558. The van der Waals surface area contributed by atoms with Gasteiger partial charge in [0.25, 0.3) is 0 Å². The number of rotatable bonds is 11. The number of hydrogen-bond donors (Lipinski definition) is 3. The summed E-state index contributed by atoms with van der Waals surface area (Å²) in [7, 11) is 0. The number of ether oxygens (including phenoxy) is 3. The molecule has 7 rings (SSSR count). The Balaban J connectivity index is 1.00. The maximum Gasteiger partial charge on any atom is 0.323 e. The summed E-state index contributed by atoms with van der Waals surface area (Å²) in [4.78, 5) is 18.1. The fourth-order valence-electron chi connectivity index (χ4n) is 7.41. The van der Waals surface area contributed by atoms with Crippen LogP contribution in [-0.4, -0.2) is 65.8 Å². The van der Waals surface area contributed by atoms with E-state index < -0.39 is 6.29 Å². The fourth-order valence-corrected chi connectivity index (χ4v) is 7.41. The third-order valence-electron chi connectivity index (χ3n) is 10.2. The second-order valence-corrected chi connectivity index (χ2v) is 13.8. The highest BCUT2D eigenvalue weighted by molar-refractivity contribution is 5.99. The SMILES string of the molecule is C[C@@H]1[C@H](CN2CCC[C@H]2CN2CCCC2)O[C@H](c2ccc(NC(=O)Nc3ccc(Oc4ccccc4)cc3)cc2)O[C@@H]1c1ccc(CO)cc1. The van der Waals surface area contributed by atoms with Crippen molar-refractivity contribution in [2.24, 2.45) is 5.92 Å². The van der Waals surface area contributed by atoms with E-state index in [2.05, 4.69) is 39.5 Å². The van der Waals surface area contributed by atoms with Crippen molar-refractivity contribution in [3.05, 3.63) is 120 Å². The number of aliphatic hydroxyl groups excluding tert-OH is 1. The predicted molar refractivity (Wildman–Crippen MR) is 195 cm³/mol. The third kappa shape index (κ3) is 8.54. The number of likely N-dealkylation sites (tertiary alicyclic amines) is 2. The van der Waals surface area contributed by atoms with Gasteiger partial charge in [-0.2, -0.15) is 0 Å². The molecule has 4 aromatic carbocycles. The molecule has 9 heteroatoms. The van der Waals surface area contributed by atoms with Gasteiger partial charge in [0, 0.05) is 42.0 Å². The molecular weight excluding hydrogens is 628 g/mol. The molecule has 0 radical (unpaired) electrons. The Morgan fingerprint density at radius 3 is 2.08 bits per heavy atom. The van der Waals surface area contributed by atoms with Crippen LogP contribution in [0.15, 0.2) is 103 Å². The quantitative estimate of drug-likeness (QED) is 0.148. The third-order valence-corrected chi connectivity index (χ3v) is 10.2. The highest BCUT2D eigenvalue weighted by Crippen LogP contribution is 2.42. The molecule has 0 spiro atoms. The van der Waals surface area contributed by atoms with E-state index in [1.54, 1.807) is 12.1 Å². The molecule has 4 aromatic rings. The Morgan fingerprint density at radius 2 is 1.40 bits per heavy atom.